The highest BCUT2D eigenvalue weighted by molar-refractivity contribution is 5.00. The van der Waals surface area contributed by atoms with E-state index in [0.29, 0.717) is 5.54 Å². The molecule has 0 bridgehead atoms. The summed E-state index contributed by atoms with van der Waals surface area (Å²) in [4.78, 5) is 2.59. The van der Waals surface area contributed by atoms with Crippen molar-refractivity contribution < 1.29 is 4.74 Å². The normalized spacial score (nSPS) is 23.8. The van der Waals surface area contributed by atoms with Crippen LogP contribution in [0.1, 0.15) is 47.5 Å². The van der Waals surface area contributed by atoms with E-state index >= 15 is 0 Å². The Balaban J connectivity index is 2.62. The van der Waals surface area contributed by atoms with Crippen LogP contribution < -0.4 is 5.32 Å². The van der Waals surface area contributed by atoms with Gasteiger partial charge in [-0.3, -0.25) is 4.90 Å². The smallest absolute Gasteiger partial charge is 0.0593 e. The van der Waals surface area contributed by atoms with Crippen molar-refractivity contribution in [2.45, 2.75) is 58.5 Å². The Morgan fingerprint density at radius 1 is 1.18 bits per heavy atom. The van der Waals surface area contributed by atoms with E-state index in [1.54, 1.807) is 0 Å². The van der Waals surface area contributed by atoms with E-state index in [1.165, 1.54) is 12.8 Å². The molecule has 0 aromatic carbocycles. The molecular weight excluding hydrogens is 212 g/mol. The monoisotopic (exact) mass is 242 g/mol. The van der Waals surface area contributed by atoms with Crippen LogP contribution in [-0.4, -0.2) is 48.8 Å². The van der Waals surface area contributed by atoms with E-state index in [4.69, 9.17) is 4.74 Å². The first-order chi connectivity index (χ1) is 7.99. The molecule has 1 heterocycles. The van der Waals surface area contributed by atoms with Crippen molar-refractivity contribution in [3.63, 3.8) is 0 Å². The molecule has 0 unspecified atom stereocenters. The molecule has 3 heteroatoms. The minimum absolute atomic E-state index is 0.241. The fourth-order valence-corrected chi connectivity index (χ4v) is 2.58. The van der Waals surface area contributed by atoms with Gasteiger partial charge in [0.15, 0.2) is 0 Å². The molecule has 0 aromatic rings. The fraction of sp³-hybridized carbons (Fsp3) is 1.00. The van der Waals surface area contributed by atoms with Crippen LogP contribution in [0.25, 0.3) is 0 Å². The number of rotatable bonds is 6. The van der Waals surface area contributed by atoms with Gasteiger partial charge in [-0.05, 0) is 33.6 Å². The van der Waals surface area contributed by atoms with Gasteiger partial charge in [-0.1, -0.05) is 13.8 Å². The highest BCUT2D eigenvalue weighted by Crippen LogP contribution is 2.27. The molecule has 1 fully saturated rings. The molecule has 0 saturated carbocycles. The Bertz CT molecular complexity index is 224. The Morgan fingerprint density at radius 3 is 2.35 bits per heavy atom. The van der Waals surface area contributed by atoms with Crippen molar-refractivity contribution in [3.05, 3.63) is 0 Å². The van der Waals surface area contributed by atoms with E-state index in [-0.39, 0.29) is 5.54 Å². The van der Waals surface area contributed by atoms with Gasteiger partial charge in [0, 0.05) is 37.3 Å². The third-order valence-electron chi connectivity index (χ3n) is 4.31. The molecule has 1 N–H and O–H groups in total. The molecule has 0 atom stereocenters. The minimum Gasteiger partial charge on any atom is -0.380 e. The summed E-state index contributed by atoms with van der Waals surface area (Å²) in [6.45, 7) is 16.2. The zero-order valence-corrected chi connectivity index (χ0v) is 12.3. The molecule has 0 radical (unpaired) electrons. The van der Waals surface area contributed by atoms with Crippen molar-refractivity contribution in [1.82, 2.24) is 10.2 Å². The second-order valence-electron chi connectivity index (χ2n) is 5.77. The van der Waals surface area contributed by atoms with Crippen LogP contribution in [0.3, 0.4) is 0 Å². The fourth-order valence-electron chi connectivity index (χ4n) is 2.58. The zero-order chi connectivity index (χ0) is 12.9. The highest BCUT2D eigenvalue weighted by atomic mass is 16.5. The molecule has 17 heavy (non-hydrogen) atoms. The maximum Gasteiger partial charge on any atom is 0.0593 e. The summed E-state index contributed by atoms with van der Waals surface area (Å²) in [7, 11) is 0. The van der Waals surface area contributed by atoms with E-state index in [9.17, 15) is 0 Å². The lowest BCUT2D eigenvalue weighted by Gasteiger charge is -2.52. The topological polar surface area (TPSA) is 24.5 Å². The first kappa shape index (κ1) is 14.9. The molecule has 102 valence electrons. The molecule has 0 aromatic heterocycles. The molecule has 1 saturated heterocycles. The van der Waals surface area contributed by atoms with E-state index in [1.807, 2.05) is 0 Å². The second kappa shape index (κ2) is 6.17. The molecular formula is C14H30N2O. The predicted molar refractivity (Wildman–Crippen MR) is 73.5 cm³/mol. The number of nitrogens with zero attached hydrogens (tertiary/aromatic N) is 1. The maximum absolute atomic E-state index is 5.50. The average Bonchev–Trinajstić information content (AvgIpc) is 2.32. The Labute approximate surface area is 107 Å². The first-order valence-electron chi connectivity index (χ1n) is 7.07. The van der Waals surface area contributed by atoms with Crippen LogP contribution in [0.4, 0.5) is 0 Å². The van der Waals surface area contributed by atoms with Gasteiger partial charge < -0.3 is 10.1 Å². The van der Waals surface area contributed by atoms with Crippen molar-refractivity contribution in [2.24, 2.45) is 0 Å². The lowest BCUT2D eigenvalue weighted by molar-refractivity contribution is 0.000715. The van der Waals surface area contributed by atoms with E-state index in [0.717, 1.165) is 32.8 Å². The molecule has 1 aliphatic rings. The van der Waals surface area contributed by atoms with Gasteiger partial charge in [-0.15, -0.1) is 0 Å². The van der Waals surface area contributed by atoms with Gasteiger partial charge in [-0.25, -0.2) is 0 Å². The van der Waals surface area contributed by atoms with Crippen LogP contribution in [0.15, 0.2) is 0 Å². The predicted octanol–water partition coefficient (Wildman–Crippen LogP) is 2.27. The summed E-state index contributed by atoms with van der Waals surface area (Å²) in [6, 6.07) is 0. The summed E-state index contributed by atoms with van der Waals surface area (Å²) in [5, 5.41) is 3.76. The third kappa shape index (κ3) is 3.67. The largest absolute Gasteiger partial charge is 0.380 e. The lowest BCUT2D eigenvalue weighted by Crippen LogP contribution is -2.68. The SMILES string of the molecule is CCOCCN1CC(CC)(CC)NCC1(C)C. The summed E-state index contributed by atoms with van der Waals surface area (Å²) >= 11 is 0. The molecule has 3 nitrogen and oxygen atoms in total. The van der Waals surface area contributed by atoms with Gasteiger partial charge in [0.25, 0.3) is 0 Å². The van der Waals surface area contributed by atoms with Gasteiger partial charge >= 0.3 is 0 Å². The van der Waals surface area contributed by atoms with Gasteiger partial charge in [0.05, 0.1) is 6.61 Å². The summed E-state index contributed by atoms with van der Waals surface area (Å²) in [5.41, 5.74) is 0.548. The molecule has 1 aliphatic heterocycles. The quantitative estimate of drug-likeness (QED) is 0.723. The number of piperazine rings is 1. The second-order valence-corrected chi connectivity index (χ2v) is 5.77. The summed E-state index contributed by atoms with van der Waals surface area (Å²) in [5.74, 6) is 0. The van der Waals surface area contributed by atoms with Crippen molar-refractivity contribution >= 4 is 0 Å². The molecule has 0 spiro atoms. The zero-order valence-electron chi connectivity index (χ0n) is 12.3. The first-order valence-corrected chi connectivity index (χ1v) is 7.07. The number of ether oxygens (including phenoxy) is 1. The van der Waals surface area contributed by atoms with Gasteiger partial charge in [-0.2, -0.15) is 0 Å². The Morgan fingerprint density at radius 2 is 1.82 bits per heavy atom. The van der Waals surface area contributed by atoms with Gasteiger partial charge in [0.1, 0.15) is 0 Å². The molecule has 0 aliphatic carbocycles. The number of nitrogens with one attached hydrogen (secondary N) is 1. The molecule has 1 rings (SSSR count). The van der Waals surface area contributed by atoms with E-state index in [2.05, 4.69) is 44.8 Å². The van der Waals surface area contributed by atoms with Crippen molar-refractivity contribution in [2.75, 3.05) is 32.8 Å². The highest BCUT2D eigenvalue weighted by Gasteiger charge is 2.40. The maximum atomic E-state index is 5.50. The summed E-state index contributed by atoms with van der Waals surface area (Å²) < 4.78 is 5.50. The Hall–Kier alpha value is -0.120. The minimum atomic E-state index is 0.241. The number of hydrogen-bond acceptors (Lipinski definition) is 3. The lowest BCUT2D eigenvalue weighted by atomic mass is 9.85. The van der Waals surface area contributed by atoms with Crippen LogP contribution in [0.5, 0.6) is 0 Å². The van der Waals surface area contributed by atoms with E-state index < -0.39 is 0 Å². The van der Waals surface area contributed by atoms with Crippen LogP contribution >= 0.6 is 0 Å². The van der Waals surface area contributed by atoms with Crippen LogP contribution in [0.2, 0.25) is 0 Å². The average molecular weight is 242 g/mol. The van der Waals surface area contributed by atoms with Crippen LogP contribution in [0, 0.1) is 0 Å². The summed E-state index contributed by atoms with van der Waals surface area (Å²) in [6.07, 6.45) is 2.40. The number of hydrogen-bond donors (Lipinski definition) is 1. The van der Waals surface area contributed by atoms with Crippen molar-refractivity contribution in [3.8, 4) is 0 Å². The van der Waals surface area contributed by atoms with Crippen LogP contribution in [-0.2, 0) is 4.74 Å². The van der Waals surface area contributed by atoms with Crippen molar-refractivity contribution in [1.29, 1.82) is 0 Å². The molecule has 0 amide bonds. The standard InChI is InChI=1S/C14H30N2O/c1-6-14(7-2)12-16(9-10-17-8-3)13(4,5)11-15-14/h15H,6-12H2,1-5H3. The Kier molecular flexibility index (Phi) is 5.42. The van der Waals surface area contributed by atoms with Gasteiger partial charge in [0.2, 0.25) is 0 Å². The third-order valence-corrected chi connectivity index (χ3v) is 4.31.